The van der Waals surface area contributed by atoms with Crippen LogP contribution in [0.15, 0.2) is 59.6 Å². The second kappa shape index (κ2) is 7.71. The maximum Gasteiger partial charge on any atom is 0.241 e. The van der Waals surface area contributed by atoms with Crippen LogP contribution in [0.2, 0.25) is 0 Å². The van der Waals surface area contributed by atoms with Crippen molar-refractivity contribution < 1.29 is 8.42 Å². The van der Waals surface area contributed by atoms with Crippen LogP contribution >= 0.6 is 0 Å². The molecule has 3 aromatic rings. The van der Waals surface area contributed by atoms with Crippen molar-refractivity contribution in [1.82, 2.24) is 9.29 Å². The summed E-state index contributed by atoms with van der Waals surface area (Å²) >= 11 is 0. The molecule has 0 atom stereocenters. The first-order valence-corrected chi connectivity index (χ1v) is 10.5. The molecule has 142 valence electrons. The zero-order valence-corrected chi connectivity index (χ0v) is 17.1. The number of nitrogens with one attached hydrogen (secondary N) is 1. The fraction of sp³-hybridized carbons (Fsp3) is 0.273. The summed E-state index contributed by atoms with van der Waals surface area (Å²) in [5.41, 5.74) is 5.96. The first-order valence-electron chi connectivity index (χ1n) is 9.03. The van der Waals surface area contributed by atoms with Crippen molar-refractivity contribution >= 4 is 10.0 Å². The largest absolute Gasteiger partial charge is 0.346 e. The SMILES string of the molecule is Cc1ccc(Cn2cccc2CNS(=O)(=O)c2c(C)cc(C)cc2C)cc1. The van der Waals surface area contributed by atoms with Crippen LogP contribution in [0.25, 0.3) is 0 Å². The molecule has 0 amide bonds. The van der Waals surface area contributed by atoms with Crippen molar-refractivity contribution in [2.45, 2.75) is 45.7 Å². The fourth-order valence-corrected chi connectivity index (χ4v) is 4.93. The highest BCUT2D eigenvalue weighted by Crippen LogP contribution is 2.22. The maximum absolute atomic E-state index is 12.9. The molecule has 1 N–H and O–H groups in total. The van der Waals surface area contributed by atoms with E-state index < -0.39 is 10.0 Å². The lowest BCUT2D eigenvalue weighted by Crippen LogP contribution is -2.26. The number of rotatable bonds is 6. The Balaban J connectivity index is 1.78. The Morgan fingerprint density at radius 3 is 2.15 bits per heavy atom. The molecule has 1 aromatic heterocycles. The number of nitrogens with zero attached hydrogens (tertiary/aromatic N) is 1. The highest BCUT2D eigenvalue weighted by molar-refractivity contribution is 7.89. The summed E-state index contributed by atoms with van der Waals surface area (Å²) in [5, 5.41) is 0. The molecule has 0 unspecified atom stereocenters. The lowest BCUT2D eigenvalue weighted by atomic mass is 10.1. The van der Waals surface area contributed by atoms with Gasteiger partial charge in [0.1, 0.15) is 0 Å². The summed E-state index contributed by atoms with van der Waals surface area (Å²) in [6.45, 7) is 8.70. The van der Waals surface area contributed by atoms with Gasteiger partial charge in [0.15, 0.2) is 0 Å². The highest BCUT2D eigenvalue weighted by atomic mass is 32.2. The van der Waals surface area contributed by atoms with Gasteiger partial charge in [-0.3, -0.25) is 0 Å². The molecule has 4 nitrogen and oxygen atoms in total. The zero-order valence-electron chi connectivity index (χ0n) is 16.3. The molecule has 27 heavy (non-hydrogen) atoms. The molecular weight excluding hydrogens is 356 g/mol. The van der Waals surface area contributed by atoms with Crippen LogP contribution in [0.4, 0.5) is 0 Å². The molecule has 0 aliphatic carbocycles. The van der Waals surface area contributed by atoms with Crippen LogP contribution in [0.5, 0.6) is 0 Å². The molecule has 0 spiro atoms. The van der Waals surface area contributed by atoms with Crippen LogP contribution in [-0.4, -0.2) is 13.0 Å². The van der Waals surface area contributed by atoms with E-state index in [-0.39, 0.29) is 6.54 Å². The van der Waals surface area contributed by atoms with E-state index in [9.17, 15) is 8.42 Å². The van der Waals surface area contributed by atoms with Gasteiger partial charge in [0.2, 0.25) is 10.0 Å². The van der Waals surface area contributed by atoms with Crippen molar-refractivity contribution in [3.63, 3.8) is 0 Å². The van der Waals surface area contributed by atoms with Crippen molar-refractivity contribution in [3.8, 4) is 0 Å². The molecule has 0 aliphatic heterocycles. The van der Waals surface area contributed by atoms with Gasteiger partial charge in [-0.05, 0) is 56.5 Å². The van der Waals surface area contributed by atoms with Gasteiger partial charge in [0.25, 0.3) is 0 Å². The van der Waals surface area contributed by atoms with Crippen LogP contribution in [0.1, 0.15) is 33.5 Å². The molecule has 2 aromatic carbocycles. The Morgan fingerprint density at radius 1 is 0.889 bits per heavy atom. The predicted molar refractivity (Wildman–Crippen MR) is 109 cm³/mol. The summed E-state index contributed by atoms with van der Waals surface area (Å²) in [6.07, 6.45) is 1.98. The van der Waals surface area contributed by atoms with Crippen molar-refractivity contribution in [3.05, 3.63) is 88.2 Å². The van der Waals surface area contributed by atoms with E-state index in [2.05, 4.69) is 40.5 Å². The molecule has 0 radical (unpaired) electrons. The lowest BCUT2D eigenvalue weighted by Gasteiger charge is -2.14. The van der Waals surface area contributed by atoms with Gasteiger partial charge in [-0.15, -0.1) is 0 Å². The molecule has 0 bridgehead atoms. The fourth-order valence-electron chi connectivity index (χ4n) is 3.49. The van der Waals surface area contributed by atoms with Gasteiger partial charge < -0.3 is 4.57 Å². The van der Waals surface area contributed by atoms with E-state index >= 15 is 0 Å². The van der Waals surface area contributed by atoms with Gasteiger partial charge in [-0.1, -0.05) is 47.5 Å². The van der Waals surface area contributed by atoms with E-state index in [4.69, 9.17) is 0 Å². The highest BCUT2D eigenvalue weighted by Gasteiger charge is 2.20. The van der Waals surface area contributed by atoms with Gasteiger partial charge in [-0.2, -0.15) is 0 Å². The first kappa shape index (κ1) is 19.4. The van der Waals surface area contributed by atoms with E-state index in [1.807, 2.05) is 51.2 Å². The Kier molecular flexibility index (Phi) is 5.53. The number of aromatic nitrogens is 1. The van der Waals surface area contributed by atoms with E-state index in [0.29, 0.717) is 11.4 Å². The molecule has 0 aliphatic rings. The Labute approximate surface area is 161 Å². The Morgan fingerprint density at radius 2 is 1.52 bits per heavy atom. The average molecular weight is 383 g/mol. The third-order valence-corrected chi connectivity index (χ3v) is 6.42. The van der Waals surface area contributed by atoms with E-state index in [1.54, 1.807) is 0 Å². The smallest absolute Gasteiger partial charge is 0.241 e. The monoisotopic (exact) mass is 382 g/mol. The zero-order chi connectivity index (χ0) is 19.6. The van der Waals surface area contributed by atoms with Gasteiger partial charge in [-0.25, -0.2) is 13.1 Å². The molecule has 0 saturated carbocycles. The second-order valence-corrected chi connectivity index (χ2v) is 8.87. The average Bonchev–Trinajstić information content (AvgIpc) is 3.01. The number of hydrogen-bond acceptors (Lipinski definition) is 2. The number of sulfonamides is 1. The topological polar surface area (TPSA) is 51.1 Å². The van der Waals surface area contributed by atoms with Crippen LogP contribution in [-0.2, 0) is 23.1 Å². The molecule has 5 heteroatoms. The molecule has 0 fully saturated rings. The Hall–Kier alpha value is -2.37. The third kappa shape index (κ3) is 4.49. The molecule has 0 saturated heterocycles. The third-order valence-electron chi connectivity index (χ3n) is 4.71. The van der Waals surface area contributed by atoms with Crippen LogP contribution < -0.4 is 4.72 Å². The minimum Gasteiger partial charge on any atom is -0.346 e. The molecule has 3 rings (SSSR count). The molecule has 1 heterocycles. The number of aryl methyl sites for hydroxylation is 4. The van der Waals surface area contributed by atoms with Crippen LogP contribution in [0.3, 0.4) is 0 Å². The normalized spacial score (nSPS) is 11.7. The van der Waals surface area contributed by atoms with Gasteiger partial charge in [0.05, 0.1) is 11.4 Å². The number of hydrogen-bond donors (Lipinski definition) is 1. The summed E-state index contributed by atoms with van der Waals surface area (Å²) in [7, 11) is -3.57. The summed E-state index contributed by atoms with van der Waals surface area (Å²) in [6, 6.07) is 16.1. The van der Waals surface area contributed by atoms with Crippen LogP contribution in [0, 0.1) is 27.7 Å². The van der Waals surface area contributed by atoms with Crippen molar-refractivity contribution in [2.75, 3.05) is 0 Å². The maximum atomic E-state index is 12.9. The van der Waals surface area contributed by atoms with Gasteiger partial charge >= 0.3 is 0 Å². The second-order valence-electron chi connectivity index (χ2n) is 7.17. The van der Waals surface area contributed by atoms with Crippen molar-refractivity contribution in [1.29, 1.82) is 0 Å². The molecular formula is C22H26N2O2S. The van der Waals surface area contributed by atoms with E-state index in [0.717, 1.165) is 22.4 Å². The quantitative estimate of drug-likeness (QED) is 0.693. The van der Waals surface area contributed by atoms with E-state index in [1.165, 1.54) is 11.1 Å². The number of benzene rings is 2. The summed E-state index contributed by atoms with van der Waals surface area (Å²) in [5.74, 6) is 0. The lowest BCUT2D eigenvalue weighted by molar-refractivity contribution is 0.576. The van der Waals surface area contributed by atoms with Crippen molar-refractivity contribution in [2.24, 2.45) is 0 Å². The summed E-state index contributed by atoms with van der Waals surface area (Å²) in [4.78, 5) is 0.379. The standard InChI is InChI=1S/C22H26N2O2S/c1-16-7-9-20(10-8-16)15-24-11-5-6-21(24)14-23-27(25,26)22-18(3)12-17(2)13-19(22)4/h5-13,23H,14-15H2,1-4H3. The van der Waals surface area contributed by atoms with Gasteiger partial charge in [0, 0.05) is 18.4 Å². The summed E-state index contributed by atoms with van der Waals surface area (Å²) < 4.78 is 30.6. The predicted octanol–water partition coefficient (Wildman–Crippen LogP) is 4.25. The minimum atomic E-state index is -3.57. The minimum absolute atomic E-state index is 0.258. The first-order chi connectivity index (χ1) is 12.8. The Bertz CT molecular complexity index is 1030.